The summed E-state index contributed by atoms with van der Waals surface area (Å²) in [6.45, 7) is 12.7. The molecule has 146 valence electrons. The standard InChI is InChI=1S/C22H32N4O/c1-5-21-20(14-19-8-6-16(2)7-9-19)22(24-18(4)23-21)26-12-10-25(11-13-26)15-17(3)27/h6-9,17,27H,5,10-15H2,1-4H3/t17-/m1/s1. The first-order valence-electron chi connectivity index (χ1n) is 10.0. The number of aromatic nitrogens is 2. The Labute approximate surface area is 163 Å². The quantitative estimate of drug-likeness (QED) is 0.850. The molecule has 1 atom stereocenters. The van der Waals surface area contributed by atoms with E-state index in [1.165, 1.54) is 16.7 Å². The molecule has 5 heteroatoms. The Hall–Kier alpha value is -1.98. The molecule has 1 aromatic carbocycles. The Morgan fingerprint density at radius 2 is 1.70 bits per heavy atom. The number of nitrogens with zero attached hydrogens (tertiary/aromatic N) is 4. The van der Waals surface area contributed by atoms with Crippen LogP contribution in [0, 0.1) is 13.8 Å². The van der Waals surface area contributed by atoms with Gasteiger partial charge in [-0.05, 0) is 32.8 Å². The number of aliphatic hydroxyl groups is 1. The summed E-state index contributed by atoms with van der Waals surface area (Å²) in [5, 5.41) is 9.64. The van der Waals surface area contributed by atoms with Crippen molar-refractivity contribution in [2.45, 2.75) is 46.6 Å². The van der Waals surface area contributed by atoms with Crippen LogP contribution < -0.4 is 4.90 Å². The summed E-state index contributed by atoms with van der Waals surface area (Å²) in [6, 6.07) is 8.76. The summed E-state index contributed by atoms with van der Waals surface area (Å²) in [5.74, 6) is 1.94. The Kier molecular flexibility index (Phi) is 6.45. The Balaban J connectivity index is 1.85. The third-order valence-electron chi connectivity index (χ3n) is 5.21. The van der Waals surface area contributed by atoms with Crippen LogP contribution in [-0.2, 0) is 12.8 Å². The molecule has 2 aromatic rings. The average molecular weight is 369 g/mol. The van der Waals surface area contributed by atoms with Crippen molar-refractivity contribution in [3.63, 3.8) is 0 Å². The van der Waals surface area contributed by atoms with Gasteiger partial charge in [-0.1, -0.05) is 36.8 Å². The van der Waals surface area contributed by atoms with Crippen molar-refractivity contribution in [1.82, 2.24) is 14.9 Å². The van der Waals surface area contributed by atoms with E-state index in [1.54, 1.807) is 0 Å². The van der Waals surface area contributed by atoms with Gasteiger partial charge in [0.2, 0.25) is 0 Å². The molecule has 1 fully saturated rings. The topological polar surface area (TPSA) is 52.5 Å². The van der Waals surface area contributed by atoms with Gasteiger partial charge in [0.25, 0.3) is 0 Å². The van der Waals surface area contributed by atoms with E-state index in [1.807, 2.05) is 13.8 Å². The van der Waals surface area contributed by atoms with Crippen molar-refractivity contribution in [2.24, 2.45) is 0 Å². The number of anilines is 1. The van der Waals surface area contributed by atoms with Crippen LogP contribution in [0.1, 0.15) is 42.1 Å². The molecule has 27 heavy (non-hydrogen) atoms. The highest BCUT2D eigenvalue weighted by Crippen LogP contribution is 2.26. The average Bonchev–Trinajstić information content (AvgIpc) is 2.64. The zero-order valence-corrected chi connectivity index (χ0v) is 17.1. The molecule has 0 unspecified atom stereocenters. The van der Waals surface area contributed by atoms with Gasteiger partial charge in [-0.25, -0.2) is 9.97 Å². The summed E-state index contributed by atoms with van der Waals surface area (Å²) < 4.78 is 0. The fourth-order valence-corrected chi connectivity index (χ4v) is 3.80. The van der Waals surface area contributed by atoms with Crippen molar-refractivity contribution in [1.29, 1.82) is 0 Å². The highest BCUT2D eigenvalue weighted by atomic mass is 16.3. The number of hydrogen-bond acceptors (Lipinski definition) is 5. The van der Waals surface area contributed by atoms with Gasteiger partial charge in [0.15, 0.2) is 0 Å². The molecule has 0 radical (unpaired) electrons. The summed E-state index contributed by atoms with van der Waals surface area (Å²) in [4.78, 5) is 14.3. The zero-order chi connectivity index (χ0) is 19.4. The number of β-amino-alcohol motifs (C(OH)–C–C–N with tert-alkyl or cyclic N) is 1. The molecule has 0 aliphatic carbocycles. The SMILES string of the molecule is CCc1nc(C)nc(N2CCN(C[C@@H](C)O)CC2)c1Cc1ccc(C)cc1. The minimum Gasteiger partial charge on any atom is -0.392 e. The molecule has 0 amide bonds. The van der Waals surface area contributed by atoms with Crippen molar-refractivity contribution in [3.8, 4) is 0 Å². The van der Waals surface area contributed by atoms with E-state index < -0.39 is 0 Å². The minimum atomic E-state index is -0.276. The van der Waals surface area contributed by atoms with Crippen LogP contribution in [0.15, 0.2) is 24.3 Å². The maximum atomic E-state index is 9.64. The van der Waals surface area contributed by atoms with Crippen LogP contribution in [0.4, 0.5) is 5.82 Å². The predicted molar refractivity (Wildman–Crippen MR) is 110 cm³/mol. The van der Waals surface area contributed by atoms with Crippen molar-refractivity contribution in [2.75, 3.05) is 37.6 Å². The number of rotatable bonds is 6. The lowest BCUT2D eigenvalue weighted by atomic mass is 10.0. The molecule has 1 N–H and O–H groups in total. The molecule has 3 rings (SSSR count). The van der Waals surface area contributed by atoms with Crippen molar-refractivity contribution >= 4 is 5.82 Å². The van der Waals surface area contributed by atoms with Crippen LogP contribution in [0.2, 0.25) is 0 Å². The molecule has 0 spiro atoms. The maximum absolute atomic E-state index is 9.64. The fraction of sp³-hybridized carbons (Fsp3) is 0.545. The molecule has 1 aliphatic rings. The molecular formula is C22H32N4O. The van der Waals surface area contributed by atoms with Gasteiger partial charge in [-0.3, -0.25) is 4.90 Å². The maximum Gasteiger partial charge on any atom is 0.136 e. The monoisotopic (exact) mass is 368 g/mol. The summed E-state index contributed by atoms with van der Waals surface area (Å²) in [7, 11) is 0. The largest absolute Gasteiger partial charge is 0.392 e. The van der Waals surface area contributed by atoms with Gasteiger partial charge in [-0.2, -0.15) is 0 Å². The van der Waals surface area contributed by atoms with Gasteiger partial charge in [0.1, 0.15) is 11.6 Å². The first-order valence-corrected chi connectivity index (χ1v) is 10.0. The van der Waals surface area contributed by atoms with Crippen molar-refractivity contribution in [3.05, 3.63) is 52.5 Å². The molecule has 0 saturated carbocycles. The summed E-state index contributed by atoms with van der Waals surface area (Å²) in [5.41, 5.74) is 5.00. The normalized spacial score (nSPS) is 16.6. The van der Waals surface area contributed by atoms with Crippen LogP contribution >= 0.6 is 0 Å². The Morgan fingerprint density at radius 1 is 1.04 bits per heavy atom. The van der Waals surface area contributed by atoms with Gasteiger partial charge < -0.3 is 10.0 Å². The summed E-state index contributed by atoms with van der Waals surface area (Å²) in [6.07, 6.45) is 1.51. The second kappa shape index (κ2) is 8.81. The van der Waals surface area contributed by atoms with Crippen LogP contribution in [0.5, 0.6) is 0 Å². The number of piperazine rings is 1. The van der Waals surface area contributed by atoms with E-state index >= 15 is 0 Å². The first-order chi connectivity index (χ1) is 13.0. The number of aliphatic hydroxyl groups excluding tert-OH is 1. The molecule has 2 heterocycles. The second-order valence-corrected chi connectivity index (χ2v) is 7.67. The van der Waals surface area contributed by atoms with Gasteiger partial charge in [0.05, 0.1) is 6.10 Å². The highest BCUT2D eigenvalue weighted by Gasteiger charge is 2.23. The Bertz CT molecular complexity index is 750. The lowest BCUT2D eigenvalue weighted by Gasteiger charge is -2.37. The van der Waals surface area contributed by atoms with Gasteiger partial charge >= 0.3 is 0 Å². The second-order valence-electron chi connectivity index (χ2n) is 7.67. The van der Waals surface area contributed by atoms with E-state index in [4.69, 9.17) is 9.97 Å². The number of aryl methyl sites for hydroxylation is 3. The Morgan fingerprint density at radius 3 is 2.30 bits per heavy atom. The highest BCUT2D eigenvalue weighted by molar-refractivity contribution is 5.52. The van der Waals surface area contributed by atoms with Crippen molar-refractivity contribution < 1.29 is 5.11 Å². The van der Waals surface area contributed by atoms with E-state index in [0.717, 1.165) is 62.9 Å². The van der Waals surface area contributed by atoms with E-state index in [2.05, 4.69) is 47.9 Å². The zero-order valence-electron chi connectivity index (χ0n) is 17.1. The smallest absolute Gasteiger partial charge is 0.136 e. The van der Waals surface area contributed by atoms with E-state index in [9.17, 15) is 5.11 Å². The van der Waals surface area contributed by atoms with E-state index in [-0.39, 0.29) is 6.10 Å². The lowest BCUT2D eigenvalue weighted by Crippen LogP contribution is -2.49. The molecular weight excluding hydrogens is 336 g/mol. The van der Waals surface area contributed by atoms with Crippen LogP contribution in [-0.4, -0.2) is 58.8 Å². The van der Waals surface area contributed by atoms with E-state index in [0.29, 0.717) is 0 Å². The van der Waals surface area contributed by atoms with Gasteiger partial charge in [0, 0.05) is 50.4 Å². The molecule has 5 nitrogen and oxygen atoms in total. The lowest BCUT2D eigenvalue weighted by molar-refractivity contribution is 0.122. The van der Waals surface area contributed by atoms with Crippen LogP contribution in [0.25, 0.3) is 0 Å². The fourth-order valence-electron chi connectivity index (χ4n) is 3.80. The molecule has 1 aromatic heterocycles. The molecule has 0 bridgehead atoms. The minimum absolute atomic E-state index is 0.276. The van der Waals surface area contributed by atoms with Crippen LogP contribution in [0.3, 0.4) is 0 Å². The molecule has 1 saturated heterocycles. The first kappa shape index (κ1) is 19.8. The number of benzene rings is 1. The molecule has 1 aliphatic heterocycles. The predicted octanol–water partition coefficient (Wildman–Crippen LogP) is 2.75. The third-order valence-corrected chi connectivity index (χ3v) is 5.21. The van der Waals surface area contributed by atoms with Gasteiger partial charge in [-0.15, -0.1) is 0 Å². The third kappa shape index (κ3) is 5.05. The number of hydrogen-bond donors (Lipinski definition) is 1. The summed E-state index contributed by atoms with van der Waals surface area (Å²) >= 11 is 0.